The fraction of sp³-hybridized carbons (Fsp3) is 0.179. The molecular formula is C28H23FN3O6Y-. The number of aromatic nitrogens is 2. The molecule has 0 N–H and O–H groups in total. The Hall–Kier alpha value is -3.76. The zero-order valence-electron chi connectivity index (χ0n) is 21.4. The third-order valence-corrected chi connectivity index (χ3v) is 5.83. The number of fused-ring (bicyclic) bond motifs is 1. The topological polar surface area (TPSA) is 119 Å². The minimum absolute atomic E-state index is 0. The number of pyridine rings is 2. The summed E-state index contributed by atoms with van der Waals surface area (Å²) >= 11 is 0. The molecule has 197 valence electrons. The molecule has 2 aromatic carbocycles. The second-order valence-electron chi connectivity index (χ2n) is 8.26. The first-order valence-electron chi connectivity index (χ1n) is 11.6. The van der Waals surface area contributed by atoms with E-state index in [1.807, 2.05) is 0 Å². The molecule has 2 heterocycles. The molecule has 39 heavy (non-hydrogen) atoms. The van der Waals surface area contributed by atoms with E-state index >= 15 is 0 Å². The maximum atomic E-state index is 13.8. The zero-order chi connectivity index (χ0) is 27.4. The van der Waals surface area contributed by atoms with Gasteiger partial charge < -0.3 is 24.2 Å². The summed E-state index contributed by atoms with van der Waals surface area (Å²) in [6, 6.07) is 13.5. The molecule has 2 aromatic heterocycles. The van der Waals surface area contributed by atoms with Gasteiger partial charge in [0, 0.05) is 51.5 Å². The number of carbonyl (C=O) groups excluding carboxylic acids is 3. The van der Waals surface area contributed by atoms with Crippen LogP contribution in [0, 0.1) is 5.82 Å². The summed E-state index contributed by atoms with van der Waals surface area (Å²) < 4.78 is 25.6. The Morgan fingerprint density at radius 1 is 1.05 bits per heavy atom. The largest absolute Gasteiger partial charge is 0.652 e. The van der Waals surface area contributed by atoms with Crippen molar-refractivity contribution in [3.8, 4) is 5.75 Å². The van der Waals surface area contributed by atoms with E-state index in [2.05, 4.69) is 10.3 Å². The number of aryl methyl sites for hydroxylation is 1. The number of rotatable bonds is 7. The summed E-state index contributed by atoms with van der Waals surface area (Å²) in [6.07, 6.45) is 1.63. The summed E-state index contributed by atoms with van der Waals surface area (Å²) in [7, 11) is 2.77. The molecule has 4 rings (SSSR count). The fourth-order valence-corrected chi connectivity index (χ4v) is 3.97. The summed E-state index contributed by atoms with van der Waals surface area (Å²) in [5.74, 6) is -3.20. The van der Waals surface area contributed by atoms with E-state index in [4.69, 9.17) is 9.47 Å². The van der Waals surface area contributed by atoms with Crippen LogP contribution in [0.2, 0.25) is 0 Å². The molecule has 1 amide bonds. The predicted molar refractivity (Wildman–Crippen MR) is 137 cm³/mol. The van der Waals surface area contributed by atoms with E-state index in [0.717, 1.165) is 6.07 Å². The van der Waals surface area contributed by atoms with Crippen molar-refractivity contribution in [1.82, 2.24) is 9.55 Å². The van der Waals surface area contributed by atoms with Crippen molar-refractivity contribution >= 4 is 28.9 Å². The normalized spacial score (nSPS) is 10.5. The summed E-state index contributed by atoms with van der Waals surface area (Å²) in [4.78, 5) is 55.5. The number of benzene rings is 2. The number of halogens is 1. The van der Waals surface area contributed by atoms with Crippen molar-refractivity contribution in [3.05, 3.63) is 110 Å². The Kier molecular flexibility index (Phi) is 9.83. The van der Waals surface area contributed by atoms with Crippen molar-refractivity contribution in [2.75, 3.05) is 13.7 Å². The van der Waals surface area contributed by atoms with Crippen LogP contribution in [0.3, 0.4) is 0 Å². The van der Waals surface area contributed by atoms with Crippen LogP contribution >= 0.6 is 0 Å². The number of hydrogen-bond donors (Lipinski definition) is 0. The van der Waals surface area contributed by atoms with Gasteiger partial charge in [-0.1, -0.05) is 24.3 Å². The standard InChI is InChI=1S/C28H24FN3O6.Y/c1-4-37-28(36)22-24(38-27(35)17-8-6-5-7-9-17)23-21(32(3)26(22)34)13-16(15-31-23)12-18-10-11-19(29)14-20(18)25(33)30-2;/h5-11,13-15H,4,12H2,1-3H3,(H,30,33);/p-1. The Balaban J connectivity index is 0.00000420. The van der Waals surface area contributed by atoms with Crippen LogP contribution in [-0.2, 0) is 50.9 Å². The summed E-state index contributed by atoms with van der Waals surface area (Å²) in [5.41, 5.74) is 0.559. The molecule has 0 atom stereocenters. The van der Waals surface area contributed by atoms with Crippen molar-refractivity contribution < 1.29 is 61.0 Å². The average Bonchev–Trinajstić information content (AvgIpc) is 2.92. The molecule has 0 fully saturated rings. The van der Waals surface area contributed by atoms with Gasteiger partial charge in [0.05, 0.1) is 23.6 Å². The molecule has 0 spiro atoms. The molecule has 0 aliphatic carbocycles. The van der Waals surface area contributed by atoms with Crippen molar-refractivity contribution in [2.24, 2.45) is 7.05 Å². The first kappa shape index (κ1) is 29.8. The van der Waals surface area contributed by atoms with Gasteiger partial charge in [0.15, 0.2) is 11.3 Å². The Morgan fingerprint density at radius 3 is 2.44 bits per heavy atom. The number of nitrogens with zero attached hydrogens (tertiary/aromatic N) is 3. The minimum atomic E-state index is -0.950. The van der Waals surface area contributed by atoms with Gasteiger partial charge in [-0.05, 0) is 54.8 Å². The number of ether oxygens (including phenoxy) is 2. The molecule has 0 saturated heterocycles. The second kappa shape index (κ2) is 12.9. The van der Waals surface area contributed by atoms with Gasteiger partial charge in [-0.15, -0.1) is 7.05 Å². The summed E-state index contributed by atoms with van der Waals surface area (Å²) in [6.45, 7) is 1.59. The van der Waals surface area contributed by atoms with Crippen molar-refractivity contribution in [2.45, 2.75) is 13.3 Å². The molecule has 1 radical (unpaired) electrons. The maximum Gasteiger partial charge on any atom is 0.347 e. The number of hydrogen-bond acceptors (Lipinski definition) is 7. The van der Waals surface area contributed by atoms with E-state index in [1.54, 1.807) is 31.2 Å². The predicted octanol–water partition coefficient (Wildman–Crippen LogP) is 4.20. The van der Waals surface area contributed by atoms with Crippen LogP contribution < -0.4 is 10.3 Å². The van der Waals surface area contributed by atoms with Gasteiger partial charge >= 0.3 is 11.9 Å². The molecular weight excluding hydrogens is 582 g/mol. The number of esters is 2. The van der Waals surface area contributed by atoms with Crippen LogP contribution in [-0.4, -0.2) is 41.1 Å². The molecule has 4 aromatic rings. The van der Waals surface area contributed by atoms with Gasteiger partial charge in [-0.25, -0.2) is 14.0 Å². The van der Waals surface area contributed by atoms with Crippen LogP contribution in [0.4, 0.5) is 4.39 Å². The first-order chi connectivity index (χ1) is 18.2. The molecule has 0 aliphatic rings. The molecule has 0 unspecified atom stereocenters. The Bertz CT molecular complexity index is 1620. The van der Waals surface area contributed by atoms with Crippen LogP contribution in [0.1, 0.15) is 49.1 Å². The monoisotopic (exact) mass is 605 g/mol. The number of carbonyl (C=O) groups is 3. The maximum absolute atomic E-state index is 13.8. The van der Waals surface area contributed by atoms with Gasteiger partial charge in [0.1, 0.15) is 11.3 Å². The zero-order valence-corrected chi connectivity index (χ0v) is 24.3. The van der Waals surface area contributed by atoms with Crippen LogP contribution in [0.15, 0.2) is 65.6 Å². The van der Waals surface area contributed by atoms with Crippen molar-refractivity contribution in [3.63, 3.8) is 0 Å². The van der Waals surface area contributed by atoms with E-state index in [1.165, 1.54) is 49.1 Å². The van der Waals surface area contributed by atoms with E-state index in [9.17, 15) is 23.6 Å². The van der Waals surface area contributed by atoms with Gasteiger partial charge in [-0.2, -0.15) is 0 Å². The second-order valence-corrected chi connectivity index (χ2v) is 8.26. The van der Waals surface area contributed by atoms with Gasteiger partial charge in [0.25, 0.3) is 5.56 Å². The van der Waals surface area contributed by atoms with Gasteiger partial charge in [0.2, 0.25) is 0 Å². The molecule has 9 nitrogen and oxygen atoms in total. The summed E-state index contributed by atoms with van der Waals surface area (Å²) in [5, 5.41) is 3.62. The minimum Gasteiger partial charge on any atom is -0.652 e. The average molecular weight is 605 g/mol. The SMILES string of the molecule is CCOC(=O)c1c(OC(=O)c2ccccc2)c2ncc(Cc3ccc(F)cc3C(=O)[N-]C)cc2n(C)c1=O.[Y]. The van der Waals surface area contributed by atoms with E-state index < -0.39 is 34.8 Å². The molecule has 11 heteroatoms. The third-order valence-electron chi connectivity index (χ3n) is 5.83. The van der Waals surface area contributed by atoms with E-state index in [0.29, 0.717) is 11.1 Å². The van der Waals surface area contributed by atoms with Gasteiger partial charge in [-0.3, -0.25) is 9.78 Å². The Morgan fingerprint density at radius 2 is 1.77 bits per heavy atom. The fourth-order valence-electron chi connectivity index (χ4n) is 3.97. The smallest absolute Gasteiger partial charge is 0.347 e. The number of amides is 1. The quantitative estimate of drug-likeness (QED) is 0.290. The molecule has 0 saturated carbocycles. The first-order valence-corrected chi connectivity index (χ1v) is 11.6. The van der Waals surface area contributed by atoms with Crippen molar-refractivity contribution in [1.29, 1.82) is 0 Å². The molecule has 0 bridgehead atoms. The third kappa shape index (κ3) is 6.29. The van der Waals surface area contributed by atoms with E-state index in [-0.39, 0.29) is 73.6 Å². The molecule has 0 aliphatic heterocycles. The van der Waals surface area contributed by atoms with Crippen LogP contribution in [0.5, 0.6) is 5.75 Å². The Labute approximate surface area is 248 Å². The van der Waals surface area contributed by atoms with Crippen LogP contribution in [0.25, 0.3) is 16.4 Å².